The van der Waals surface area contributed by atoms with Crippen molar-refractivity contribution in [2.75, 3.05) is 0 Å². The summed E-state index contributed by atoms with van der Waals surface area (Å²) >= 11 is 1.41. The van der Waals surface area contributed by atoms with Crippen LogP contribution in [0.3, 0.4) is 0 Å². The number of thiophene rings is 1. The largest absolute Gasteiger partial charge is 0.332 e. The van der Waals surface area contributed by atoms with Gasteiger partial charge < -0.3 is 14.2 Å². The molecule has 39 heavy (non-hydrogen) atoms. The third-order valence-electron chi connectivity index (χ3n) is 6.08. The Morgan fingerprint density at radius 3 is 2.41 bits per heavy atom. The molecule has 0 atom stereocenters. The van der Waals surface area contributed by atoms with E-state index in [4.69, 9.17) is 9.68 Å². The van der Waals surface area contributed by atoms with Gasteiger partial charge in [0.1, 0.15) is 11.5 Å². The van der Waals surface area contributed by atoms with Gasteiger partial charge in [0.2, 0.25) is 0 Å². The molecule has 0 amide bonds. The zero-order chi connectivity index (χ0) is 27.8. The summed E-state index contributed by atoms with van der Waals surface area (Å²) in [6.07, 6.45) is 6.59. The number of nitrogens with zero attached hydrogens (tertiary/aromatic N) is 3. The van der Waals surface area contributed by atoms with E-state index < -0.39 is 17.8 Å². The highest BCUT2D eigenvalue weighted by atomic mass is 32.1. The molecule has 0 saturated heterocycles. The average molecular weight is 548 g/mol. The van der Waals surface area contributed by atoms with E-state index >= 15 is 4.39 Å². The van der Waals surface area contributed by atoms with Gasteiger partial charge in [0, 0.05) is 36.6 Å². The van der Waals surface area contributed by atoms with Crippen molar-refractivity contribution in [2.24, 2.45) is 10.3 Å². The van der Waals surface area contributed by atoms with Gasteiger partial charge in [-0.3, -0.25) is 0 Å². The van der Waals surface area contributed by atoms with Crippen LogP contribution >= 0.6 is 11.3 Å². The fraction of sp³-hybridized carbons (Fsp3) is 0.267. The number of hydrogen-bond donors (Lipinski definition) is 0. The standard InChI is InChI=1S/C30H30FN3O4S/c1-4-5-6-7-12-26(32-37-20(2)35)24-19-34(27-13-9-8-11-23(24)27)28-16-15-22(18-25(28)31)30(33-38-21(3)36)29-14-10-17-39-29/h8-11,13-19H,4-7,12H2,1-3H3/b32-26+,33-30-. The van der Waals surface area contributed by atoms with Crippen molar-refractivity contribution in [3.8, 4) is 5.69 Å². The van der Waals surface area contributed by atoms with Gasteiger partial charge in [-0.25, -0.2) is 14.0 Å². The lowest BCUT2D eigenvalue weighted by Crippen LogP contribution is -2.06. The lowest BCUT2D eigenvalue weighted by Gasteiger charge is -2.10. The zero-order valence-corrected chi connectivity index (χ0v) is 23.0. The molecule has 0 aliphatic heterocycles. The first-order chi connectivity index (χ1) is 18.9. The quantitative estimate of drug-likeness (QED) is 0.0849. The monoisotopic (exact) mass is 547 g/mol. The molecule has 0 saturated carbocycles. The van der Waals surface area contributed by atoms with E-state index in [9.17, 15) is 9.59 Å². The summed E-state index contributed by atoms with van der Waals surface area (Å²) in [5, 5.41) is 10.9. The van der Waals surface area contributed by atoms with E-state index in [1.165, 1.54) is 31.3 Å². The molecule has 0 unspecified atom stereocenters. The Bertz CT molecular complexity index is 1520. The molecule has 0 aliphatic carbocycles. The Morgan fingerprint density at radius 1 is 0.949 bits per heavy atom. The lowest BCUT2D eigenvalue weighted by molar-refractivity contribution is -0.141. The smallest absolute Gasteiger partial charge is 0.318 e. The highest BCUT2D eigenvalue weighted by molar-refractivity contribution is 7.12. The van der Waals surface area contributed by atoms with Gasteiger partial charge in [-0.2, -0.15) is 0 Å². The second kappa shape index (κ2) is 13.1. The Balaban J connectivity index is 1.77. The number of carbonyl (C=O) groups excluding carboxylic acids is 2. The van der Waals surface area contributed by atoms with Gasteiger partial charge in [0.25, 0.3) is 0 Å². The van der Waals surface area contributed by atoms with Crippen molar-refractivity contribution in [2.45, 2.75) is 52.9 Å². The molecule has 202 valence electrons. The number of rotatable bonds is 11. The molecule has 0 N–H and O–H groups in total. The summed E-state index contributed by atoms with van der Waals surface area (Å²) in [5.41, 5.74) is 3.38. The van der Waals surface area contributed by atoms with Gasteiger partial charge in [0.05, 0.1) is 21.8 Å². The molecule has 0 fully saturated rings. The fourth-order valence-corrected chi connectivity index (χ4v) is 5.02. The minimum absolute atomic E-state index is 0.331. The van der Waals surface area contributed by atoms with Crippen LogP contribution in [0.5, 0.6) is 0 Å². The molecule has 7 nitrogen and oxygen atoms in total. The van der Waals surface area contributed by atoms with E-state index in [2.05, 4.69) is 17.2 Å². The molecule has 0 bridgehead atoms. The maximum Gasteiger partial charge on any atom is 0.332 e. The number of unbranched alkanes of at least 4 members (excludes halogenated alkanes) is 3. The van der Waals surface area contributed by atoms with Gasteiger partial charge in [0.15, 0.2) is 0 Å². The van der Waals surface area contributed by atoms with Crippen molar-refractivity contribution in [3.05, 3.63) is 88.0 Å². The maximum absolute atomic E-state index is 15.7. The molecular weight excluding hydrogens is 517 g/mol. The zero-order valence-electron chi connectivity index (χ0n) is 22.1. The van der Waals surface area contributed by atoms with E-state index in [0.29, 0.717) is 29.1 Å². The predicted molar refractivity (Wildman–Crippen MR) is 152 cm³/mol. The molecule has 0 spiro atoms. The van der Waals surface area contributed by atoms with E-state index in [0.717, 1.165) is 47.0 Å². The van der Waals surface area contributed by atoms with Gasteiger partial charge in [-0.15, -0.1) is 11.3 Å². The van der Waals surface area contributed by atoms with E-state index in [1.807, 2.05) is 48.0 Å². The van der Waals surface area contributed by atoms with Crippen LogP contribution in [-0.2, 0) is 19.3 Å². The number of benzene rings is 2. The first-order valence-corrected chi connectivity index (χ1v) is 13.7. The molecule has 4 aromatic rings. The fourth-order valence-electron chi connectivity index (χ4n) is 4.29. The van der Waals surface area contributed by atoms with Crippen LogP contribution in [0.25, 0.3) is 16.6 Å². The van der Waals surface area contributed by atoms with Gasteiger partial charge in [-0.05, 0) is 42.5 Å². The third kappa shape index (κ3) is 6.86. The van der Waals surface area contributed by atoms with Crippen molar-refractivity contribution in [1.82, 2.24) is 4.57 Å². The maximum atomic E-state index is 15.7. The number of aromatic nitrogens is 1. The van der Waals surface area contributed by atoms with Crippen LogP contribution < -0.4 is 0 Å². The minimum atomic E-state index is -0.562. The Hall–Kier alpha value is -4.11. The summed E-state index contributed by atoms with van der Waals surface area (Å²) in [4.78, 5) is 33.6. The number of oxime groups is 2. The predicted octanol–water partition coefficient (Wildman–Crippen LogP) is 7.38. The number of halogens is 1. The Kier molecular flexibility index (Phi) is 9.38. The van der Waals surface area contributed by atoms with Crippen LogP contribution in [0.15, 0.2) is 76.5 Å². The first kappa shape index (κ1) is 27.9. The van der Waals surface area contributed by atoms with Crippen LogP contribution in [-0.4, -0.2) is 27.9 Å². The molecule has 4 rings (SSSR count). The lowest BCUT2D eigenvalue weighted by atomic mass is 10.0. The van der Waals surface area contributed by atoms with Gasteiger partial charge >= 0.3 is 11.9 Å². The Labute approximate surface area is 230 Å². The normalized spacial score (nSPS) is 12.1. The van der Waals surface area contributed by atoms with Crippen LogP contribution in [0.1, 0.15) is 68.9 Å². The molecular formula is C30H30FN3O4S. The number of fused-ring (bicyclic) bond motifs is 1. The summed E-state index contributed by atoms with van der Waals surface area (Å²) in [6.45, 7) is 4.72. The summed E-state index contributed by atoms with van der Waals surface area (Å²) in [6, 6.07) is 16.1. The Morgan fingerprint density at radius 2 is 1.72 bits per heavy atom. The molecule has 2 heterocycles. The van der Waals surface area contributed by atoms with E-state index in [1.54, 1.807) is 16.7 Å². The second-order valence-corrected chi connectivity index (χ2v) is 9.98. The van der Waals surface area contributed by atoms with Crippen LogP contribution in [0.4, 0.5) is 4.39 Å². The molecule has 0 radical (unpaired) electrons. The van der Waals surface area contributed by atoms with E-state index in [-0.39, 0.29) is 0 Å². The first-order valence-electron chi connectivity index (χ1n) is 12.8. The van der Waals surface area contributed by atoms with Crippen molar-refractivity contribution in [3.63, 3.8) is 0 Å². The topological polar surface area (TPSA) is 82.2 Å². The number of para-hydroxylation sites is 1. The molecule has 9 heteroatoms. The number of carbonyl (C=O) groups is 2. The third-order valence-corrected chi connectivity index (χ3v) is 6.95. The average Bonchev–Trinajstić information content (AvgIpc) is 3.57. The number of hydrogen-bond acceptors (Lipinski definition) is 7. The summed E-state index contributed by atoms with van der Waals surface area (Å²) < 4.78 is 17.5. The summed E-state index contributed by atoms with van der Waals surface area (Å²) in [5.74, 6) is -1.54. The van der Waals surface area contributed by atoms with Gasteiger partial charge in [-0.1, -0.05) is 66.8 Å². The van der Waals surface area contributed by atoms with Crippen molar-refractivity contribution >= 4 is 45.6 Å². The molecule has 0 aliphatic rings. The second-order valence-electron chi connectivity index (χ2n) is 9.03. The van der Waals surface area contributed by atoms with Crippen LogP contribution in [0, 0.1) is 5.82 Å². The molecule has 2 aromatic carbocycles. The van der Waals surface area contributed by atoms with Crippen LogP contribution in [0.2, 0.25) is 0 Å². The highest BCUT2D eigenvalue weighted by Gasteiger charge is 2.19. The minimum Gasteiger partial charge on any atom is -0.318 e. The summed E-state index contributed by atoms with van der Waals surface area (Å²) in [7, 11) is 0. The molecule has 2 aromatic heterocycles. The van der Waals surface area contributed by atoms with Crippen molar-refractivity contribution < 1.29 is 23.7 Å². The highest BCUT2D eigenvalue weighted by Crippen LogP contribution is 2.29. The van der Waals surface area contributed by atoms with Crippen molar-refractivity contribution in [1.29, 1.82) is 0 Å². The SMILES string of the molecule is CCCCCC/C(=N\OC(C)=O)c1cn(-c2ccc(/C(=N/OC(C)=O)c3cccs3)cc2F)c2ccccc12.